The van der Waals surface area contributed by atoms with Gasteiger partial charge in [-0.3, -0.25) is 14.5 Å². The zero-order valence-corrected chi connectivity index (χ0v) is 23.4. The third-order valence-electron chi connectivity index (χ3n) is 6.94. The van der Waals surface area contributed by atoms with Crippen molar-refractivity contribution in [2.75, 3.05) is 11.5 Å². The summed E-state index contributed by atoms with van der Waals surface area (Å²) in [6.07, 6.45) is 4.02. The number of fused-ring (bicyclic) bond motifs is 2. The van der Waals surface area contributed by atoms with E-state index in [1.807, 2.05) is 50.2 Å². The molecule has 0 spiro atoms. The molecule has 0 radical (unpaired) electrons. The van der Waals surface area contributed by atoms with Gasteiger partial charge in [0, 0.05) is 6.42 Å². The van der Waals surface area contributed by atoms with Gasteiger partial charge in [-0.25, -0.2) is 0 Å². The molecule has 1 amide bonds. The summed E-state index contributed by atoms with van der Waals surface area (Å²) in [6, 6.07) is 10.6. The van der Waals surface area contributed by atoms with E-state index in [2.05, 4.69) is 31.0 Å². The van der Waals surface area contributed by atoms with Crippen LogP contribution in [-0.4, -0.2) is 22.7 Å². The summed E-state index contributed by atoms with van der Waals surface area (Å²) >= 11 is 1.38. The molecular formula is C30H33N3O4S. The largest absolute Gasteiger partial charge is 0.494 e. The average Bonchev–Trinajstić information content (AvgIpc) is 3.45. The highest BCUT2D eigenvalue weighted by molar-refractivity contribution is 7.15. The normalized spacial score (nSPS) is 15.1. The molecule has 1 unspecified atom stereocenters. The van der Waals surface area contributed by atoms with E-state index in [0.29, 0.717) is 34.2 Å². The van der Waals surface area contributed by atoms with Crippen LogP contribution in [-0.2, 0) is 6.42 Å². The van der Waals surface area contributed by atoms with Crippen molar-refractivity contribution in [3.05, 3.63) is 79.6 Å². The monoisotopic (exact) mass is 531 g/mol. The first-order valence-electron chi connectivity index (χ1n) is 13.2. The second-order valence-corrected chi connectivity index (χ2v) is 11.4. The van der Waals surface area contributed by atoms with Crippen molar-refractivity contribution >= 4 is 33.3 Å². The second kappa shape index (κ2) is 10.7. The Labute approximate surface area is 226 Å². The van der Waals surface area contributed by atoms with Gasteiger partial charge in [0.15, 0.2) is 5.43 Å². The van der Waals surface area contributed by atoms with E-state index in [4.69, 9.17) is 9.15 Å². The minimum Gasteiger partial charge on any atom is -0.494 e. The van der Waals surface area contributed by atoms with Crippen LogP contribution in [0.2, 0.25) is 0 Å². The van der Waals surface area contributed by atoms with E-state index in [9.17, 15) is 9.59 Å². The number of nitrogens with zero attached hydrogens (tertiary/aromatic N) is 3. The molecule has 1 aliphatic rings. The first kappa shape index (κ1) is 26.1. The van der Waals surface area contributed by atoms with E-state index in [0.717, 1.165) is 53.1 Å². The van der Waals surface area contributed by atoms with Gasteiger partial charge in [0.1, 0.15) is 16.3 Å². The zero-order chi connectivity index (χ0) is 27.0. The SMILES string of the molecule is CCCCCOc1ccc(C2c3c(oc4cc(C)c(C)cc4c3=O)C(=O)N2c2nnc(CC(C)C)s2)cc1. The molecule has 3 heterocycles. The van der Waals surface area contributed by atoms with E-state index in [1.165, 1.54) is 11.3 Å². The van der Waals surface area contributed by atoms with Crippen molar-refractivity contribution < 1.29 is 13.9 Å². The molecule has 0 saturated heterocycles. The van der Waals surface area contributed by atoms with Gasteiger partial charge >= 0.3 is 0 Å². The Hall–Kier alpha value is -3.52. The quantitative estimate of drug-likeness (QED) is 0.221. The summed E-state index contributed by atoms with van der Waals surface area (Å²) < 4.78 is 12.0. The van der Waals surface area contributed by atoms with Gasteiger partial charge < -0.3 is 9.15 Å². The van der Waals surface area contributed by atoms with E-state index in [1.54, 1.807) is 4.90 Å². The molecule has 0 bridgehead atoms. The number of carbonyl (C=O) groups is 1. The van der Waals surface area contributed by atoms with Gasteiger partial charge in [-0.1, -0.05) is 57.1 Å². The van der Waals surface area contributed by atoms with E-state index < -0.39 is 6.04 Å². The van der Waals surface area contributed by atoms with Crippen molar-refractivity contribution in [2.24, 2.45) is 5.92 Å². The molecule has 38 heavy (non-hydrogen) atoms. The molecule has 198 valence electrons. The van der Waals surface area contributed by atoms with Gasteiger partial charge in [0.25, 0.3) is 5.91 Å². The number of benzene rings is 2. The average molecular weight is 532 g/mol. The number of hydrogen-bond acceptors (Lipinski definition) is 7. The fourth-order valence-electron chi connectivity index (χ4n) is 4.80. The molecule has 5 rings (SSSR count). The van der Waals surface area contributed by atoms with Crippen molar-refractivity contribution in [1.29, 1.82) is 0 Å². The van der Waals surface area contributed by atoms with Gasteiger partial charge in [-0.2, -0.15) is 0 Å². The number of carbonyl (C=O) groups excluding carboxylic acids is 1. The van der Waals surface area contributed by atoms with Gasteiger partial charge in [-0.15, -0.1) is 10.2 Å². The smallest absolute Gasteiger partial charge is 0.297 e. The zero-order valence-electron chi connectivity index (χ0n) is 22.5. The molecule has 7 nitrogen and oxygen atoms in total. The van der Waals surface area contributed by atoms with Crippen molar-refractivity contribution in [3.8, 4) is 5.75 Å². The molecule has 0 N–H and O–H groups in total. The fourth-order valence-corrected chi connectivity index (χ4v) is 5.88. The van der Waals surface area contributed by atoms with Crippen LogP contribution in [0.5, 0.6) is 5.75 Å². The Morgan fingerprint density at radius 1 is 1.05 bits per heavy atom. The Morgan fingerprint density at radius 3 is 2.50 bits per heavy atom. The topological polar surface area (TPSA) is 85.5 Å². The first-order valence-corrected chi connectivity index (χ1v) is 14.1. The highest BCUT2D eigenvalue weighted by Crippen LogP contribution is 2.42. The summed E-state index contributed by atoms with van der Waals surface area (Å²) in [6.45, 7) is 11.0. The lowest BCUT2D eigenvalue weighted by Crippen LogP contribution is -2.29. The molecule has 2 aromatic heterocycles. The van der Waals surface area contributed by atoms with Crippen LogP contribution < -0.4 is 15.1 Å². The third kappa shape index (κ3) is 4.85. The Bertz CT molecular complexity index is 1540. The summed E-state index contributed by atoms with van der Waals surface area (Å²) in [5, 5.41) is 10.5. The van der Waals surface area contributed by atoms with Crippen LogP contribution in [0.25, 0.3) is 11.0 Å². The molecular weight excluding hydrogens is 498 g/mol. The predicted molar refractivity (Wildman–Crippen MR) is 151 cm³/mol. The van der Waals surface area contributed by atoms with Crippen LogP contribution in [0.15, 0.2) is 45.6 Å². The number of ether oxygens (including phenoxy) is 1. The van der Waals surface area contributed by atoms with E-state index >= 15 is 0 Å². The Morgan fingerprint density at radius 2 is 1.79 bits per heavy atom. The maximum Gasteiger partial charge on any atom is 0.297 e. The first-order chi connectivity index (χ1) is 18.3. The van der Waals surface area contributed by atoms with E-state index in [-0.39, 0.29) is 17.1 Å². The molecule has 0 fully saturated rings. The third-order valence-corrected chi connectivity index (χ3v) is 7.89. The lowest BCUT2D eigenvalue weighted by atomic mass is 9.97. The van der Waals surface area contributed by atoms with Crippen molar-refractivity contribution in [3.63, 3.8) is 0 Å². The van der Waals surface area contributed by atoms with Crippen LogP contribution in [0.3, 0.4) is 0 Å². The standard InChI is InChI=1S/C30H33N3O4S/c1-6-7-8-13-36-21-11-9-20(10-12-21)26-25-27(34)22-15-18(4)19(5)16-23(22)37-28(25)29(35)33(26)30-32-31-24(38-30)14-17(2)3/h9-12,15-17,26H,6-8,13-14H2,1-5H3. The molecule has 1 atom stereocenters. The maximum absolute atomic E-state index is 13.9. The lowest BCUT2D eigenvalue weighted by Gasteiger charge is -2.22. The van der Waals surface area contributed by atoms with Crippen molar-refractivity contribution in [1.82, 2.24) is 10.2 Å². The molecule has 0 aliphatic carbocycles. The highest BCUT2D eigenvalue weighted by atomic mass is 32.1. The highest BCUT2D eigenvalue weighted by Gasteiger charge is 2.45. The summed E-state index contributed by atoms with van der Waals surface area (Å²) in [5.41, 5.74) is 3.33. The fraction of sp³-hybridized carbons (Fsp3) is 0.400. The number of aromatic nitrogens is 2. The maximum atomic E-state index is 13.9. The van der Waals surface area contributed by atoms with Crippen molar-refractivity contribution in [2.45, 2.75) is 66.3 Å². The molecule has 0 saturated carbocycles. The number of aryl methyl sites for hydroxylation is 2. The predicted octanol–water partition coefficient (Wildman–Crippen LogP) is 6.78. The summed E-state index contributed by atoms with van der Waals surface area (Å²) in [7, 11) is 0. The number of rotatable bonds is 9. The molecule has 2 aromatic carbocycles. The van der Waals surface area contributed by atoms with Gasteiger partial charge in [-0.05, 0) is 67.1 Å². The molecule has 8 heteroatoms. The lowest BCUT2D eigenvalue weighted by molar-refractivity contribution is 0.0970. The van der Waals surface area contributed by atoms with Gasteiger partial charge in [0.2, 0.25) is 10.9 Å². The second-order valence-electron chi connectivity index (χ2n) is 10.4. The Balaban J connectivity index is 1.61. The van der Waals surface area contributed by atoms with Gasteiger partial charge in [0.05, 0.1) is 23.6 Å². The summed E-state index contributed by atoms with van der Waals surface area (Å²) in [4.78, 5) is 29.3. The van der Waals surface area contributed by atoms with Crippen LogP contribution in [0, 0.1) is 19.8 Å². The molecule has 4 aromatic rings. The number of hydrogen-bond donors (Lipinski definition) is 0. The molecule has 1 aliphatic heterocycles. The summed E-state index contributed by atoms with van der Waals surface area (Å²) in [5.74, 6) is 0.848. The number of amides is 1. The minimum atomic E-state index is -0.672. The van der Waals surface area contributed by atoms with Crippen LogP contribution in [0.1, 0.15) is 83.9 Å². The number of anilines is 1. The van der Waals surface area contributed by atoms with Crippen LogP contribution in [0.4, 0.5) is 5.13 Å². The number of unbranched alkanes of at least 4 members (excludes halogenated alkanes) is 2. The van der Waals surface area contributed by atoms with Crippen LogP contribution >= 0.6 is 11.3 Å². The minimum absolute atomic E-state index is 0.0660. The Kier molecular flexibility index (Phi) is 7.34.